The van der Waals surface area contributed by atoms with E-state index in [1.807, 2.05) is 36.4 Å². The van der Waals surface area contributed by atoms with Crippen LogP contribution in [0, 0.1) is 17.1 Å². The number of hydrogen-bond donors (Lipinski definition) is 2. The number of nitrogens with one attached hydrogen (secondary N) is 2. The zero-order valence-electron chi connectivity index (χ0n) is 11.3. The Balaban J connectivity index is 1.86. The summed E-state index contributed by atoms with van der Waals surface area (Å²) in [4.78, 5) is 11.7. The van der Waals surface area contributed by atoms with E-state index in [2.05, 4.69) is 10.6 Å². The molecule has 0 aliphatic carbocycles. The quantitative estimate of drug-likeness (QED) is 0.905. The first-order valence-electron chi connectivity index (χ1n) is 6.47. The minimum Gasteiger partial charge on any atom is -0.338 e. The van der Waals surface area contributed by atoms with Gasteiger partial charge >= 0.3 is 6.03 Å². The highest BCUT2D eigenvalue weighted by molar-refractivity contribution is 5.90. The number of nitriles is 1. The third kappa shape index (κ3) is 4.32. The third-order valence-electron chi connectivity index (χ3n) is 2.89. The first kappa shape index (κ1) is 14.5. The molecule has 2 N–H and O–H groups in total. The van der Waals surface area contributed by atoms with Gasteiger partial charge in [-0.05, 0) is 30.2 Å². The van der Waals surface area contributed by atoms with Gasteiger partial charge in [0.05, 0.1) is 11.3 Å². The first-order valence-corrected chi connectivity index (χ1v) is 6.47. The van der Waals surface area contributed by atoms with Crippen molar-refractivity contribution in [1.29, 1.82) is 5.26 Å². The average Bonchev–Trinajstić information content (AvgIpc) is 2.50. The Morgan fingerprint density at radius 3 is 2.67 bits per heavy atom. The maximum Gasteiger partial charge on any atom is 0.319 e. The zero-order chi connectivity index (χ0) is 15.1. The average molecular weight is 283 g/mol. The van der Waals surface area contributed by atoms with E-state index in [9.17, 15) is 9.18 Å². The molecule has 0 heterocycles. The molecule has 0 atom stereocenters. The maximum absolute atomic E-state index is 13.0. The topological polar surface area (TPSA) is 64.9 Å². The number of amides is 2. The van der Waals surface area contributed by atoms with Crippen LogP contribution in [0.3, 0.4) is 0 Å². The van der Waals surface area contributed by atoms with E-state index >= 15 is 0 Å². The Bertz CT molecular complexity index is 665. The van der Waals surface area contributed by atoms with Crippen molar-refractivity contribution in [3.63, 3.8) is 0 Å². The van der Waals surface area contributed by atoms with Gasteiger partial charge in [0, 0.05) is 6.54 Å². The number of anilines is 1. The fourth-order valence-electron chi connectivity index (χ4n) is 1.85. The summed E-state index contributed by atoms with van der Waals surface area (Å²) < 4.78 is 13.0. The Hall–Kier alpha value is -2.87. The molecule has 106 valence electrons. The van der Waals surface area contributed by atoms with Crippen LogP contribution < -0.4 is 10.6 Å². The van der Waals surface area contributed by atoms with Crippen LogP contribution in [0.5, 0.6) is 0 Å². The highest BCUT2D eigenvalue weighted by Crippen LogP contribution is 2.15. The monoisotopic (exact) mass is 283 g/mol. The first-order chi connectivity index (χ1) is 10.2. The second-order valence-electron chi connectivity index (χ2n) is 4.42. The van der Waals surface area contributed by atoms with Crippen LogP contribution in [0.25, 0.3) is 0 Å². The van der Waals surface area contributed by atoms with Crippen molar-refractivity contribution in [3.05, 3.63) is 65.5 Å². The van der Waals surface area contributed by atoms with Crippen molar-refractivity contribution >= 4 is 11.7 Å². The molecule has 0 radical (unpaired) electrons. The van der Waals surface area contributed by atoms with E-state index < -0.39 is 11.8 Å². The lowest BCUT2D eigenvalue weighted by Crippen LogP contribution is -2.30. The lowest BCUT2D eigenvalue weighted by Gasteiger charge is -2.09. The molecule has 5 heteroatoms. The number of hydrogen-bond acceptors (Lipinski definition) is 2. The van der Waals surface area contributed by atoms with E-state index in [0.717, 1.165) is 11.6 Å². The van der Waals surface area contributed by atoms with Crippen LogP contribution in [0.1, 0.15) is 11.1 Å². The molecule has 0 saturated heterocycles. The predicted octanol–water partition coefficient (Wildman–Crippen LogP) is 3.06. The second kappa shape index (κ2) is 7.06. The molecular formula is C16H14FN3O. The molecule has 0 saturated carbocycles. The van der Waals surface area contributed by atoms with Gasteiger partial charge in [-0.25, -0.2) is 9.18 Å². The molecule has 0 bridgehead atoms. The van der Waals surface area contributed by atoms with Gasteiger partial charge in [0.1, 0.15) is 11.9 Å². The number of carbonyl (C=O) groups is 1. The maximum atomic E-state index is 13.0. The second-order valence-corrected chi connectivity index (χ2v) is 4.42. The van der Waals surface area contributed by atoms with E-state index in [-0.39, 0.29) is 11.3 Å². The van der Waals surface area contributed by atoms with E-state index in [0.29, 0.717) is 13.0 Å². The molecule has 0 spiro atoms. The van der Waals surface area contributed by atoms with E-state index in [1.165, 1.54) is 12.1 Å². The number of nitrogens with zero attached hydrogens (tertiary/aromatic N) is 1. The molecule has 21 heavy (non-hydrogen) atoms. The Kier molecular flexibility index (Phi) is 4.89. The van der Waals surface area contributed by atoms with Crippen molar-refractivity contribution in [2.75, 3.05) is 11.9 Å². The van der Waals surface area contributed by atoms with Crippen molar-refractivity contribution in [2.45, 2.75) is 6.42 Å². The van der Waals surface area contributed by atoms with Crippen molar-refractivity contribution in [2.24, 2.45) is 0 Å². The normalized spacial score (nSPS) is 9.71. The smallest absolute Gasteiger partial charge is 0.319 e. The third-order valence-corrected chi connectivity index (χ3v) is 2.89. The summed E-state index contributed by atoms with van der Waals surface area (Å²) >= 11 is 0. The van der Waals surface area contributed by atoms with E-state index in [4.69, 9.17) is 5.26 Å². The van der Waals surface area contributed by atoms with Gasteiger partial charge in [-0.3, -0.25) is 0 Å². The molecule has 0 aliphatic rings. The molecule has 2 amide bonds. The summed E-state index contributed by atoms with van der Waals surface area (Å²) in [5, 5.41) is 14.1. The molecule has 2 rings (SSSR count). The summed E-state index contributed by atoms with van der Waals surface area (Å²) in [6, 6.07) is 14.8. The molecule has 2 aromatic carbocycles. The fourth-order valence-corrected chi connectivity index (χ4v) is 1.85. The van der Waals surface area contributed by atoms with E-state index in [1.54, 1.807) is 0 Å². The lowest BCUT2D eigenvalue weighted by molar-refractivity contribution is 0.252. The number of halogens is 1. The van der Waals surface area contributed by atoms with Crippen LogP contribution in [0.15, 0.2) is 48.5 Å². The molecule has 0 fully saturated rings. The fraction of sp³-hybridized carbons (Fsp3) is 0.125. The summed E-state index contributed by atoms with van der Waals surface area (Å²) in [6.07, 6.45) is 0.711. The van der Waals surface area contributed by atoms with Crippen molar-refractivity contribution in [1.82, 2.24) is 5.32 Å². The Morgan fingerprint density at radius 1 is 1.19 bits per heavy atom. The predicted molar refractivity (Wildman–Crippen MR) is 78.3 cm³/mol. The van der Waals surface area contributed by atoms with Gasteiger partial charge in [0.15, 0.2) is 0 Å². The molecular weight excluding hydrogens is 269 g/mol. The minimum absolute atomic E-state index is 0.0909. The van der Waals surface area contributed by atoms with Gasteiger partial charge in [-0.15, -0.1) is 0 Å². The Morgan fingerprint density at radius 2 is 1.95 bits per heavy atom. The minimum atomic E-state index is -0.512. The molecule has 2 aromatic rings. The van der Waals surface area contributed by atoms with Gasteiger partial charge in [0.2, 0.25) is 0 Å². The standard InChI is InChI=1S/C16H14FN3O/c17-14-6-7-15(13(10-14)11-18)20-16(21)19-9-8-12-4-2-1-3-5-12/h1-7,10H,8-9H2,(H2,19,20,21). The van der Waals surface area contributed by atoms with Crippen LogP contribution in [0.4, 0.5) is 14.9 Å². The molecule has 0 unspecified atom stereocenters. The largest absolute Gasteiger partial charge is 0.338 e. The van der Waals surface area contributed by atoms with Crippen LogP contribution in [-0.4, -0.2) is 12.6 Å². The summed E-state index contributed by atoms with van der Waals surface area (Å²) in [6.45, 7) is 0.471. The van der Waals surface area contributed by atoms with Crippen LogP contribution in [-0.2, 0) is 6.42 Å². The molecule has 4 nitrogen and oxygen atoms in total. The summed E-state index contributed by atoms with van der Waals surface area (Å²) in [5.41, 5.74) is 1.50. The highest BCUT2D eigenvalue weighted by atomic mass is 19.1. The number of rotatable bonds is 4. The molecule has 0 aromatic heterocycles. The lowest BCUT2D eigenvalue weighted by atomic mass is 10.1. The van der Waals surface area contributed by atoms with Crippen molar-refractivity contribution in [3.8, 4) is 6.07 Å². The van der Waals surface area contributed by atoms with Crippen LogP contribution >= 0.6 is 0 Å². The SMILES string of the molecule is N#Cc1cc(F)ccc1NC(=O)NCCc1ccccc1. The zero-order valence-corrected chi connectivity index (χ0v) is 11.3. The van der Waals surface area contributed by atoms with Gasteiger partial charge < -0.3 is 10.6 Å². The number of benzene rings is 2. The van der Waals surface area contributed by atoms with Gasteiger partial charge in [0.25, 0.3) is 0 Å². The number of carbonyl (C=O) groups excluding carboxylic acids is 1. The summed E-state index contributed by atoms with van der Waals surface area (Å²) in [7, 11) is 0. The Labute approximate surface area is 122 Å². The van der Waals surface area contributed by atoms with Gasteiger partial charge in [-0.2, -0.15) is 5.26 Å². The number of urea groups is 1. The molecule has 0 aliphatic heterocycles. The van der Waals surface area contributed by atoms with Gasteiger partial charge in [-0.1, -0.05) is 30.3 Å². The van der Waals surface area contributed by atoms with Crippen molar-refractivity contribution < 1.29 is 9.18 Å². The summed E-state index contributed by atoms with van der Waals surface area (Å²) in [5.74, 6) is -0.512. The van der Waals surface area contributed by atoms with Crippen LogP contribution in [0.2, 0.25) is 0 Å². The highest BCUT2D eigenvalue weighted by Gasteiger charge is 2.07.